The number of aliphatic carboxylic acids is 2. The van der Waals surface area contributed by atoms with Crippen LogP contribution in [0.25, 0.3) is 0 Å². The number of hydrogen-bond donors (Lipinski definition) is 2. The van der Waals surface area contributed by atoms with Crippen LogP contribution in [0.15, 0.2) is 48.1 Å². The number of rotatable bonds is 13. The van der Waals surface area contributed by atoms with Crippen molar-refractivity contribution in [1.82, 2.24) is 4.90 Å². The molecule has 42 heavy (non-hydrogen) atoms. The Labute approximate surface area is 249 Å². The lowest BCUT2D eigenvalue weighted by Crippen LogP contribution is -2.37. The topological polar surface area (TPSA) is 123 Å². The summed E-state index contributed by atoms with van der Waals surface area (Å²) in [5.74, 6) is -0.849. The fourth-order valence-corrected chi connectivity index (χ4v) is 5.26. The first-order chi connectivity index (χ1) is 20.0. The van der Waals surface area contributed by atoms with E-state index in [9.17, 15) is 14.4 Å². The van der Waals surface area contributed by atoms with Gasteiger partial charge in [0.25, 0.3) is 0 Å². The van der Waals surface area contributed by atoms with Crippen molar-refractivity contribution in [3.63, 3.8) is 0 Å². The first-order valence-corrected chi connectivity index (χ1v) is 14.7. The summed E-state index contributed by atoms with van der Waals surface area (Å²) >= 11 is 0. The summed E-state index contributed by atoms with van der Waals surface area (Å²) in [7, 11) is 1.72. The van der Waals surface area contributed by atoms with Crippen LogP contribution < -0.4 is 9.47 Å². The van der Waals surface area contributed by atoms with Crippen molar-refractivity contribution < 1.29 is 38.8 Å². The molecule has 1 aliphatic heterocycles. The van der Waals surface area contributed by atoms with Gasteiger partial charge in [0.2, 0.25) is 0 Å². The lowest BCUT2D eigenvalue weighted by atomic mass is 9.73. The molecule has 1 aromatic rings. The Morgan fingerprint density at radius 3 is 2.31 bits per heavy atom. The Hall–Kier alpha value is -3.43. The van der Waals surface area contributed by atoms with Gasteiger partial charge >= 0.3 is 17.9 Å². The third kappa shape index (κ3) is 11.8. The molecule has 2 N–H and O–H groups in total. The predicted octanol–water partition coefficient (Wildman–Crippen LogP) is 5.78. The van der Waals surface area contributed by atoms with E-state index in [0.29, 0.717) is 36.8 Å². The molecule has 1 fully saturated rings. The molecule has 0 spiro atoms. The van der Waals surface area contributed by atoms with Crippen LogP contribution in [0.4, 0.5) is 0 Å². The maximum Gasteiger partial charge on any atom is 0.328 e. The number of unbranched alkanes of at least 4 members (excludes halogenated alkanes) is 2. The van der Waals surface area contributed by atoms with E-state index < -0.39 is 11.9 Å². The minimum Gasteiger partial charge on any atom is -0.496 e. The number of hydrogen-bond acceptors (Lipinski definition) is 7. The van der Waals surface area contributed by atoms with Crippen LogP contribution in [0.3, 0.4) is 0 Å². The highest BCUT2D eigenvalue weighted by Gasteiger charge is 2.31. The van der Waals surface area contributed by atoms with E-state index in [4.69, 9.17) is 24.4 Å². The van der Waals surface area contributed by atoms with E-state index in [1.54, 1.807) is 7.11 Å². The molecule has 0 radical (unpaired) electrons. The van der Waals surface area contributed by atoms with E-state index in [1.165, 1.54) is 18.4 Å². The van der Waals surface area contributed by atoms with Crippen molar-refractivity contribution in [2.75, 3.05) is 40.0 Å². The number of carboxylic acids is 2. The van der Waals surface area contributed by atoms with Crippen LogP contribution in [0.2, 0.25) is 0 Å². The standard InChI is InChI=1S/C29H43NO4.C4H4O4/c1-6-7-8-9-23-19-26(32-5)29(25-18-22(4)10-11-24(25)21(2)3)27(20-23)34-28(31)12-13-30-14-16-33-17-15-30;5-3(6)1-2-4(7)8/h18-20,24-25H,2,6-17H2,1,3-5H3;1-2H,(H,5,6)(H,7,8)/b;2-1-/t24-,25?;/m0./s1. The molecule has 0 saturated carbocycles. The van der Waals surface area contributed by atoms with Crippen LogP contribution in [0.5, 0.6) is 11.5 Å². The van der Waals surface area contributed by atoms with Crippen molar-refractivity contribution in [1.29, 1.82) is 0 Å². The van der Waals surface area contributed by atoms with Crippen molar-refractivity contribution in [3.8, 4) is 11.5 Å². The van der Waals surface area contributed by atoms with E-state index in [2.05, 4.69) is 50.5 Å². The molecule has 9 heteroatoms. The maximum absolute atomic E-state index is 13.0. The molecule has 1 aliphatic carbocycles. The summed E-state index contributed by atoms with van der Waals surface area (Å²) < 4.78 is 17.4. The molecule has 1 unspecified atom stereocenters. The number of carbonyl (C=O) groups is 3. The number of allylic oxidation sites excluding steroid dienone is 3. The van der Waals surface area contributed by atoms with Crippen molar-refractivity contribution in [3.05, 3.63) is 59.2 Å². The van der Waals surface area contributed by atoms with Crippen LogP contribution in [-0.4, -0.2) is 73.0 Å². The lowest BCUT2D eigenvalue weighted by Gasteiger charge is -2.32. The molecular weight excluding hydrogens is 538 g/mol. The maximum atomic E-state index is 13.0. The fraction of sp³-hybridized carbons (Fsp3) is 0.545. The second-order valence-corrected chi connectivity index (χ2v) is 10.9. The Balaban J connectivity index is 0.000000675. The molecule has 9 nitrogen and oxygen atoms in total. The molecule has 0 amide bonds. The van der Waals surface area contributed by atoms with Crippen molar-refractivity contribution in [2.24, 2.45) is 5.92 Å². The average molecular weight is 586 g/mol. The monoisotopic (exact) mass is 585 g/mol. The van der Waals surface area contributed by atoms with E-state index in [0.717, 1.165) is 74.4 Å². The van der Waals surface area contributed by atoms with Crippen LogP contribution in [0.1, 0.15) is 76.3 Å². The van der Waals surface area contributed by atoms with Gasteiger partial charge in [-0.15, -0.1) is 0 Å². The zero-order chi connectivity index (χ0) is 31.1. The number of carbonyl (C=O) groups excluding carboxylic acids is 1. The number of ether oxygens (including phenoxy) is 3. The van der Waals surface area contributed by atoms with E-state index in [1.807, 2.05) is 0 Å². The second-order valence-electron chi connectivity index (χ2n) is 10.9. The first kappa shape index (κ1) is 34.8. The molecule has 0 aromatic heterocycles. The van der Waals surface area contributed by atoms with Gasteiger partial charge in [0.1, 0.15) is 11.5 Å². The molecule has 0 bridgehead atoms. The third-order valence-corrected chi connectivity index (χ3v) is 7.49. The number of methoxy groups -OCH3 is 1. The minimum atomic E-state index is -1.26. The number of esters is 1. The van der Waals surface area contributed by atoms with Gasteiger partial charge in [-0.3, -0.25) is 9.69 Å². The summed E-state index contributed by atoms with van der Waals surface area (Å²) in [6.45, 7) is 14.7. The van der Waals surface area contributed by atoms with Gasteiger partial charge in [-0.1, -0.05) is 43.6 Å². The summed E-state index contributed by atoms with van der Waals surface area (Å²) in [6.07, 6.45) is 10.3. The molecule has 2 aliphatic rings. The highest BCUT2D eigenvalue weighted by molar-refractivity contribution is 5.89. The number of nitrogens with zero attached hydrogens (tertiary/aromatic N) is 1. The molecule has 232 valence electrons. The molecule has 3 rings (SSSR count). The first-order valence-electron chi connectivity index (χ1n) is 14.7. The second kappa shape index (κ2) is 18.2. The van der Waals surface area contributed by atoms with Crippen molar-refractivity contribution in [2.45, 2.75) is 71.6 Å². The largest absolute Gasteiger partial charge is 0.496 e. The third-order valence-electron chi connectivity index (χ3n) is 7.49. The molecular formula is C33H47NO8. The number of benzene rings is 1. The number of carboxylic acid groups (broad SMARTS) is 2. The summed E-state index contributed by atoms with van der Waals surface area (Å²) in [5.41, 5.74) is 4.66. The summed E-state index contributed by atoms with van der Waals surface area (Å²) in [6, 6.07) is 4.22. The predicted molar refractivity (Wildman–Crippen MR) is 162 cm³/mol. The molecule has 1 saturated heterocycles. The quantitative estimate of drug-likeness (QED) is 0.0974. The van der Waals surface area contributed by atoms with Crippen LogP contribution >= 0.6 is 0 Å². The highest BCUT2D eigenvalue weighted by Crippen LogP contribution is 2.47. The molecule has 2 atom stereocenters. The molecule has 1 heterocycles. The van der Waals surface area contributed by atoms with Crippen molar-refractivity contribution >= 4 is 17.9 Å². The van der Waals surface area contributed by atoms with Gasteiger partial charge in [0.15, 0.2) is 0 Å². The minimum absolute atomic E-state index is 0.0907. The Morgan fingerprint density at radius 1 is 1.10 bits per heavy atom. The highest BCUT2D eigenvalue weighted by atomic mass is 16.5. The molecule has 1 aromatic carbocycles. The van der Waals surface area contributed by atoms with Gasteiger partial charge in [-0.25, -0.2) is 9.59 Å². The Bertz CT molecular complexity index is 1120. The Kier molecular flexibility index (Phi) is 15.1. The zero-order valence-corrected chi connectivity index (χ0v) is 25.5. The van der Waals surface area contributed by atoms with Gasteiger partial charge in [-0.2, -0.15) is 0 Å². The lowest BCUT2D eigenvalue weighted by molar-refractivity contribution is -0.135. The van der Waals surface area contributed by atoms with E-state index >= 15 is 0 Å². The van der Waals surface area contributed by atoms with E-state index in [-0.39, 0.29) is 11.9 Å². The van der Waals surface area contributed by atoms with Crippen LogP contribution in [0, 0.1) is 5.92 Å². The van der Waals surface area contributed by atoms with Crippen LogP contribution in [-0.2, 0) is 25.5 Å². The van der Waals surface area contributed by atoms with Gasteiger partial charge in [-0.05, 0) is 63.1 Å². The number of morpholine rings is 1. The SMILES string of the molecule is C=C(C)[C@@H]1CCC(C)=CC1c1c(OC)cc(CCCCC)cc1OC(=O)CCN1CCOCC1.O=C(O)/C=C\C(=O)O. The summed E-state index contributed by atoms with van der Waals surface area (Å²) in [4.78, 5) is 34.4. The number of aryl methyl sites for hydroxylation is 1. The van der Waals surface area contributed by atoms with Gasteiger partial charge < -0.3 is 24.4 Å². The zero-order valence-electron chi connectivity index (χ0n) is 25.5. The fourth-order valence-electron chi connectivity index (χ4n) is 5.26. The Morgan fingerprint density at radius 2 is 1.74 bits per heavy atom. The smallest absolute Gasteiger partial charge is 0.328 e. The van der Waals surface area contributed by atoms with Gasteiger partial charge in [0.05, 0.1) is 26.7 Å². The summed E-state index contributed by atoms with van der Waals surface area (Å²) in [5, 5.41) is 15.6. The average Bonchev–Trinajstić information content (AvgIpc) is 2.95. The van der Waals surface area contributed by atoms with Gasteiger partial charge in [0, 0.05) is 43.3 Å². The normalized spacial score (nSPS) is 18.9.